The molecule has 2 aromatic rings. The standard InChI is InChI=1S/C16H16Br2ClN/c1-2-20-16(9-11-3-6-13(17)7-4-11)12-5-8-15(19)14(18)10-12/h3-8,10,16,20H,2,9H2,1H3. The number of halogens is 3. The maximum Gasteiger partial charge on any atom is 0.0548 e. The minimum Gasteiger partial charge on any atom is -0.310 e. The number of rotatable bonds is 5. The van der Waals surface area contributed by atoms with Crippen molar-refractivity contribution in [3.05, 3.63) is 67.6 Å². The Labute approximate surface area is 142 Å². The fourth-order valence-corrected chi connectivity index (χ4v) is 2.92. The molecule has 4 heteroatoms. The van der Waals surface area contributed by atoms with Crippen molar-refractivity contribution in [2.75, 3.05) is 6.54 Å². The smallest absolute Gasteiger partial charge is 0.0548 e. The van der Waals surface area contributed by atoms with E-state index in [4.69, 9.17) is 11.6 Å². The topological polar surface area (TPSA) is 12.0 Å². The molecule has 0 aliphatic carbocycles. The molecule has 106 valence electrons. The van der Waals surface area contributed by atoms with Gasteiger partial charge < -0.3 is 5.32 Å². The van der Waals surface area contributed by atoms with E-state index in [1.807, 2.05) is 6.07 Å². The van der Waals surface area contributed by atoms with Gasteiger partial charge in [0.25, 0.3) is 0 Å². The van der Waals surface area contributed by atoms with Crippen molar-refractivity contribution in [1.29, 1.82) is 0 Å². The number of nitrogens with one attached hydrogen (secondary N) is 1. The summed E-state index contributed by atoms with van der Waals surface area (Å²) in [6.45, 7) is 3.06. The van der Waals surface area contributed by atoms with Gasteiger partial charge in [0.2, 0.25) is 0 Å². The van der Waals surface area contributed by atoms with Crippen LogP contribution in [0.25, 0.3) is 0 Å². The zero-order valence-corrected chi connectivity index (χ0v) is 15.1. The molecule has 1 unspecified atom stereocenters. The van der Waals surface area contributed by atoms with Gasteiger partial charge in [-0.1, -0.05) is 52.7 Å². The first kappa shape index (κ1) is 16.0. The summed E-state index contributed by atoms with van der Waals surface area (Å²) >= 11 is 13.0. The van der Waals surface area contributed by atoms with Crippen molar-refractivity contribution in [2.45, 2.75) is 19.4 Å². The molecule has 1 nitrogen and oxygen atoms in total. The second kappa shape index (κ2) is 7.60. The summed E-state index contributed by atoms with van der Waals surface area (Å²) in [6, 6.07) is 14.9. The lowest BCUT2D eigenvalue weighted by molar-refractivity contribution is 0.549. The molecule has 0 aliphatic rings. The van der Waals surface area contributed by atoms with Crippen LogP contribution in [0.15, 0.2) is 51.4 Å². The lowest BCUT2D eigenvalue weighted by Crippen LogP contribution is -2.23. The van der Waals surface area contributed by atoms with Crippen LogP contribution >= 0.6 is 43.5 Å². The van der Waals surface area contributed by atoms with Gasteiger partial charge in [-0.05, 0) is 64.3 Å². The summed E-state index contributed by atoms with van der Waals surface area (Å²) in [5, 5.41) is 4.28. The van der Waals surface area contributed by atoms with Gasteiger partial charge in [0.05, 0.1) is 5.02 Å². The molecule has 2 aromatic carbocycles. The van der Waals surface area contributed by atoms with E-state index >= 15 is 0 Å². The van der Waals surface area contributed by atoms with Crippen LogP contribution in [0.2, 0.25) is 5.02 Å². The van der Waals surface area contributed by atoms with E-state index in [1.54, 1.807) is 0 Å². The Morgan fingerprint density at radius 2 is 1.80 bits per heavy atom. The van der Waals surface area contributed by atoms with Crippen LogP contribution in [-0.2, 0) is 6.42 Å². The summed E-state index contributed by atoms with van der Waals surface area (Å²) in [6.07, 6.45) is 0.954. The Morgan fingerprint density at radius 1 is 1.10 bits per heavy atom. The number of benzene rings is 2. The molecule has 1 N–H and O–H groups in total. The van der Waals surface area contributed by atoms with E-state index in [1.165, 1.54) is 11.1 Å². The van der Waals surface area contributed by atoms with Crippen molar-refractivity contribution in [2.24, 2.45) is 0 Å². The average molecular weight is 418 g/mol. The largest absolute Gasteiger partial charge is 0.310 e. The van der Waals surface area contributed by atoms with Crippen molar-refractivity contribution < 1.29 is 0 Å². The van der Waals surface area contributed by atoms with Gasteiger partial charge in [0.1, 0.15) is 0 Å². The molecule has 0 heterocycles. The minimum atomic E-state index is 0.287. The highest BCUT2D eigenvalue weighted by molar-refractivity contribution is 9.10. The SMILES string of the molecule is CCNC(Cc1ccc(Br)cc1)c1ccc(Cl)c(Br)c1. The van der Waals surface area contributed by atoms with E-state index in [2.05, 4.69) is 80.5 Å². The Hall–Kier alpha value is -0.350. The first-order valence-corrected chi connectivity index (χ1v) is 8.49. The molecule has 1 atom stereocenters. The summed E-state index contributed by atoms with van der Waals surface area (Å²) in [7, 11) is 0. The predicted octanol–water partition coefficient (Wildman–Crippen LogP) is 5.76. The van der Waals surface area contributed by atoms with E-state index in [9.17, 15) is 0 Å². The fourth-order valence-electron chi connectivity index (χ4n) is 2.14. The Kier molecular flexibility index (Phi) is 6.09. The van der Waals surface area contributed by atoms with Gasteiger partial charge in [-0.2, -0.15) is 0 Å². The summed E-state index contributed by atoms with van der Waals surface area (Å²) < 4.78 is 2.05. The lowest BCUT2D eigenvalue weighted by Gasteiger charge is -2.19. The van der Waals surface area contributed by atoms with Crippen LogP contribution in [0.1, 0.15) is 24.1 Å². The van der Waals surface area contributed by atoms with E-state index in [-0.39, 0.29) is 6.04 Å². The minimum absolute atomic E-state index is 0.287. The Bertz CT molecular complexity index is 569. The molecule has 0 saturated heterocycles. The Morgan fingerprint density at radius 3 is 2.40 bits per heavy atom. The highest BCUT2D eigenvalue weighted by Gasteiger charge is 2.12. The van der Waals surface area contributed by atoms with Gasteiger partial charge >= 0.3 is 0 Å². The first-order valence-electron chi connectivity index (χ1n) is 6.53. The highest BCUT2D eigenvalue weighted by atomic mass is 79.9. The maximum atomic E-state index is 6.07. The molecule has 0 radical (unpaired) electrons. The number of hydrogen-bond acceptors (Lipinski definition) is 1. The fraction of sp³-hybridized carbons (Fsp3) is 0.250. The number of hydrogen-bond donors (Lipinski definition) is 1. The summed E-state index contributed by atoms with van der Waals surface area (Å²) in [5.74, 6) is 0. The van der Waals surface area contributed by atoms with Crippen LogP contribution in [0.5, 0.6) is 0 Å². The molecule has 0 bridgehead atoms. The third kappa shape index (κ3) is 4.32. The zero-order chi connectivity index (χ0) is 14.5. The van der Waals surface area contributed by atoms with Crippen LogP contribution < -0.4 is 5.32 Å². The molecular formula is C16H16Br2ClN. The monoisotopic (exact) mass is 415 g/mol. The highest BCUT2D eigenvalue weighted by Crippen LogP contribution is 2.27. The van der Waals surface area contributed by atoms with E-state index in [0.717, 1.165) is 26.9 Å². The quantitative estimate of drug-likeness (QED) is 0.652. The molecule has 0 aromatic heterocycles. The van der Waals surface area contributed by atoms with Crippen LogP contribution in [-0.4, -0.2) is 6.54 Å². The average Bonchev–Trinajstić information content (AvgIpc) is 2.44. The molecule has 0 aliphatic heterocycles. The predicted molar refractivity (Wildman–Crippen MR) is 93.4 cm³/mol. The molecule has 0 fully saturated rings. The first-order chi connectivity index (χ1) is 9.60. The molecular weight excluding hydrogens is 401 g/mol. The van der Waals surface area contributed by atoms with Crippen molar-refractivity contribution in [1.82, 2.24) is 5.32 Å². The summed E-state index contributed by atoms with van der Waals surface area (Å²) in [4.78, 5) is 0. The molecule has 2 rings (SSSR count). The molecule has 0 spiro atoms. The van der Waals surface area contributed by atoms with Crippen molar-refractivity contribution in [3.63, 3.8) is 0 Å². The normalized spacial score (nSPS) is 12.4. The van der Waals surface area contributed by atoms with Crippen LogP contribution in [0, 0.1) is 0 Å². The third-order valence-electron chi connectivity index (χ3n) is 3.15. The van der Waals surface area contributed by atoms with Crippen LogP contribution in [0.3, 0.4) is 0 Å². The van der Waals surface area contributed by atoms with Gasteiger partial charge in [-0.3, -0.25) is 0 Å². The molecule has 20 heavy (non-hydrogen) atoms. The van der Waals surface area contributed by atoms with Gasteiger partial charge in [-0.25, -0.2) is 0 Å². The van der Waals surface area contributed by atoms with Gasteiger partial charge in [0, 0.05) is 15.0 Å². The lowest BCUT2D eigenvalue weighted by atomic mass is 9.99. The molecule has 0 saturated carbocycles. The Balaban J connectivity index is 2.21. The number of likely N-dealkylation sites (N-methyl/N-ethyl adjacent to an activating group) is 1. The van der Waals surface area contributed by atoms with Gasteiger partial charge in [0.15, 0.2) is 0 Å². The second-order valence-corrected chi connectivity index (χ2v) is 6.79. The van der Waals surface area contributed by atoms with Crippen molar-refractivity contribution in [3.8, 4) is 0 Å². The molecule has 0 amide bonds. The maximum absolute atomic E-state index is 6.07. The zero-order valence-electron chi connectivity index (χ0n) is 11.2. The van der Waals surface area contributed by atoms with E-state index < -0.39 is 0 Å². The van der Waals surface area contributed by atoms with Crippen molar-refractivity contribution >= 4 is 43.5 Å². The third-order valence-corrected chi connectivity index (χ3v) is 4.89. The van der Waals surface area contributed by atoms with Crippen LogP contribution in [0.4, 0.5) is 0 Å². The second-order valence-electron chi connectivity index (χ2n) is 4.61. The van der Waals surface area contributed by atoms with E-state index in [0.29, 0.717) is 0 Å². The summed E-state index contributed by atoms with van der Waals surface area (Å²) in [5.41, 5.74) is 2.55. The van der Waals surface area contributed by atoms with Gasteiger partial charge in [-0.15, -0.1) is 0 Å².